The van der Waals surface area contributed by atoms with E-state index >= 15 is 0 Å². The lowest BCUT2D eigenvalue weighted by Gasteiger charge is -2.46. The Morgan fingerprint density at radius 3 is 2.26 bits per heavy atom. The van der Waals surface area contributed by atoms with Crippen LogP contribution in [0.5, 0.6) is 0 Å². The largest absolute Gasteiger partial charge is 0.394 e. The molecular formula is C20H38N2O9. The Labute approximate surface area is 182 Å². The van der Waals surface area contributed by atoms with E-state index in [1.807, 2.05) is 6.92 Å². The molecule has 11 nitrogen and oxygen atoms in total. The summed E-state index contributed by atoms with van der Waals surface area (Å²) in [5.74, 6) is -0.403. The topological polar surface area (TPSA) is 190 Å². The van der Waals surface area contributed by atoms with Crippen molar-refractivity contribution in [2.75, 3.05) is 13.2 Å². The lowest BCUT2D eigenvalue weighted by Crippen LogP contribution is -2.60. The summed E-state index contributed by atoms with van der Waals surface area (Å²) < 4.78 is 23.1. The fraction of sp³-hybridized carbons (Fsp3) is 1.00. The van der Waals surface area contributed by atoms with Crippen LogP contribution in [0.15, 0.2) is 0 Å². The number of hydrogen-bond donors (Lipinski definition) is 7. The SMILES string of the molecule is CC[C@H]1C(O)[C@H](O[C@@H]2C[C@H](O[C@@H]3C[C@H](O)[C@H](O)C(CO)O3)[C@@H](N)C[C@H]2N)OC[C@@]1(C)O. The summed E-state index contributed by atoms with van der Waals surface area (Å²) in [7, 11) is 0. The number of rotatable bonds is 6. The minimum atomic E-state index is -1.19. The van der Waals surface area contributed by atoms with Crippen molar-refractivity contribution in [3.8, 4) is 0 Å². The van der Waals surface area contributed by atoms with Gasteiger partial charge < -0.3 is 55.9 Å². The highest BCUT2D eigenvalue weighted by Gasteiger charge is 2.48. The van der Waals surface area contributed by atoms with Gasteiger partial charge in [-0.3, -0.25) is 0 Å². The molecular weight excluding hydrogens is 412 g/mol. The number of ether oxygens (including phenoxy) is 4. The second-order valence-corrected chi connectivity index (χ2v) is 9.27. The molecule has 2 saturated heterocycles. The van der Waals surface area contributed by atoms with Crippen molar-refractivity contribution in [2.24, 2.45) is 17.4 Å². The zero-order chi connectivity index (χ0) is 22.9. The number of nitrogens with two attached hydrogens (primary N) is 2. The maximum absolute atomic E-state index is 10.7. The average molecular weight is 451 g/mol. The summed E-state index contributed by atoms with van der Waals surface area (Å²) in [6.07, 6.45) is -5.75. The Morgan fingerprint density at radius 2 is 1.65 bits per heavy atom. The Balaban J connectivity index is 1.61. The van der Waals surface area contributed by atoms with Gasteiger partial charge in [0, 0.05) is 30.8 Å². The van der Waals surface area contributed by atoms with Crippen molar-refractivity contribution < 1.29 is 44.5 Å². The summed E-state index contributed by atoms with van der Waals surface area (Å²) in [4.78, 5) is 0. The summed E-state index contributed by atoms with van der Waals surface area (Å²) >= 11 is 0. The molecule has 2 heterocycles. The van der Waals surface area contributed by atoms with Crippen LogP contribution >= 0.6 is 0 Å². The molecule has 2 unspecified atom stereocenters. The highest BCUT2D eigenvalue weighted by atomic mass is 16.7. The molecule has 12 atom stereocenters. The fourth-order valence-electron chi connectivity index (χ4n) is 4.85. The number of hydrogen-bond acceptors (Lipinski definition) is 11. The Kier molecular flexibility index (Phi) is 8.31. The molecule has 3 rings (SSSR count). The molecule has 0 aromatic heterocycles. The van der Waals surface area contributed by atoms with Gasteiger partial charge in [0.05, 0.1) is 37.1 Å². The summed E-state index contributed by atoms with van der Waals surface area (Å²) in [5, 5.41) is 50.3. The van der Waals surface area contributed by atoms with E-state index in [0.717, 1.165) is 0 Å². The monoisotopic (exact) mass is 450 g/mol. The third kappa shape index (κ3) is 5.56. The normalized spacial score (nSPS) is 51.6. The van der Waals surface area contributed by atoms with Gasteiger partial charge >= 0.3 is 0 Å². The first-order chi connectivity index (χ1) is 14.6. The smallest absolute Gasteiger partial charge is 0.184 e. The van der Waals surface area contributed by atoms with Crippen molar-refractivity contribution in [1.29, 1.82) is 0 Å². The second kappa shape index (κ2) is 10.2. The maximum atomic E-state index is 10.7. The van der Waals surface area contributed by atoms with Crippen molar-refractivity contribution in [1.82, 2.24) is 0 Å². The van der Waals surface area contributed by atoms with E-state index in [1.54, 1.807) is 6.92 Å². The first-order valence-electron chi connectivity index (χ1n) is 11.0. The molecule has 1 saturated carbocycles. The average Bonchev–Trinajstić information content (AvgIpc) is 2.70. The zero-order valence-electron chi connectivity index (χ0n) is 18.1. The van der Waals surface area contributed by atoms with E-state index in [4.69, 9.17) is 30.4 Å². The number of aliphatic hydroxyl groups excluding tert-OH is 4. The van der Waals surface area contributed by atoms with Gasteiger partial charge in [-0.25, -0.2) is 0 Å². The Bertz CT molecular complexity index is 583. The summed E-state index contributed by atoms with van der Waals surface area (Å²) in [6, 6.07) is -0.811. The molecule has 0 radical (unpaired) electrons. The molecule has 9 N–H and O–H groups in total. The first kappa shape index (κ1) is 25.2. The molecule has 2 aliphatic heterocycles. The van der Waals surface area contributed by atoms with Crippen LogP contribution in [0, 0.1) is 5.92 Å². The molecule has 0 bridgehead atoms. The molecule has 0 aromatic carbocycles. The predicted molar refractivity (Wildman–Crippen MR) is 107 cm³/mol. The fourth-order valence-corrected chi connectivity index (χ4v) is 4.85. The lowest BCUT2D eigenvalue weighted by molar-refractivity contribution is -0.305. The van der Waals surface area contributed by atoms with Gasteiger partial charge in [-0.05, 0) is 19.8 Å². The van der Waals surface area contributed by atoms with E-state index < -0.39 is 79.4 Å². The molecule has 0 amide bonds. The van der Waals surface area contributed by atoms with Crippen LogP contribution in [0.3, 0.4) is 0 Å². The van der Waals surface area contributed by atoms with Crippen LogP contribution in [-0.4, -0.2) is 106 Å². The highest BCUT2D eigenvalue weighted by Crippen LogP contribution is 2.35. The highest BCUT2D eigenvalue weighted by molar-refractivity contribution is 4.96. The quantitative estimate of drug-likeness (QED) is 0.227. The van der Waals surface area contributed by atoms with E-state index in [0.29, 0.717) is 19.3 Å². The lowest BCUT2D eigenvalue weighted by atomic mass is 9.81. The zero-order valence-corrected chi connectivity index (χ0v) is 18.1. The van der Waals surface area contributed by atoms with Gasteiger partial charge in [0.15, 0.2) is 12.6 Å². The van der Waals surface area contributed by atoms with E-state index in [-0.39, 0.29) is 13.0 Å². The van der Waals surface area contributed by atoms with E-state index in [2.05, 4.69) is 0 Å². The third-order valence-electron chi connectivity index (χ3n) is 6.78. The van der Waals surface area contributed by atoms with Crippen molar-refractivity contribution >= 4 is 0 Å². The van der Waals surface area contributed by atoms with Gasteiger partial charge in [0.25, 0.3) is 0 Å². The van der Waals surface area contributed by atoms with Crippen LogP contribution < -0.4 is 11.5 Å². The minimum absolute atomic E-state index is 0.0350. The molecule has 0 aromatic rings. The summed E-state index contributed by atoms with van der Waals surface area (Å²) in [6.45, 7) is 3.10. The van der Waals surface area contributed by atoms with Crippen molar-refractivity contribution in [3.05, 3.63) is 0 Å². The van der Waals surface area contributed by atoms with Crippen LogP contribution in [-0.2, 0) is 18.9 Å². The molecule has 182 valence electrons. The molecule has 3 aliphatic rings. The predicted octanol–water partition coefficient (Wildman–Crippen LogP) is -2.47. The third-order valence-corrected chi connectivity index (χ3v) is 6.78. The first-order valence-corrected chi connectivity index (χ1v) is 11.0. The molecule has 3 fully saturated rings. The van der Waals surface area contributed by atoms with Crippen LogP contribution in [0.4, 0.5) is 0 Å². The molecule has 0 spiro atoms. The maximum Gasteiger partial charge on any atom is 0.184 e. The Morgan fingerprint density at radius 1 is 1.00 bits per heavy atom. The molecule has 31 heavy (non-hydrogen) atoms. The van der Waals surface area contributed by atoms with Crippen molar-refractivity contribution in [2.45, 2.75) is 106 Å². The van der Waals surface area contributed by atoms with Crippen molar-refractivity contribution in [3.63, 3.8) is 0 Å². The van der Waals surface area contributed by atoms with Crippen LogP contribution in [0.25, 0.3) is 0 Å². The standard InChI is InChI=1S/C20H38N2O9/c1-3-9-17(25)19(28-8-20(9,2)27)31-14-6-13(10(21)4-11(14)22)29-16-5-12(24)18(26)15(7-23)30-16/h9-19,23-27H,3-8,21-22H2,1-2H3/t9-,10-,11+,12-,13-,14+,15?,16-,17?,18-,19-,20+/m0/s1. The Hall–Kier alpha value is -0.440. The number of aliphatic hydroxyl groups is 5. The van der Waals surface area contributed by atoms with Gasteiger partial charge in [-0.1, -0.05) is 6.92 Å². The van der Waals surface area contributed by atoms with Gasteiger partial charge in [-0.2, -0.15) is 0 Å². The van der Waals surface area contributed by atoms with E-state index in [1.165, 1.54) is 0 Å². The van der Waals surface area contributed by atoms with Crippen LogP contribution in [0.1, 0.15) is 39.5 Å². The van der Waals surface area contributed by atoms with Crippen LogP contribution in [0.2, 0.25) is 0 Å². The summed E-state index contributed by atoms with van der Waals surface area (Å²) in [5.41, 5.74) is 11.3. The molecule has 1 aliphatic carbocycles. The second-order valence-electron chi connectivity index (χ2n) is 9.27. The van der Waals surface area contributed by atoms with Gasteiger partial charge in [0.2, 0.25) is 0 Å². The van der Waals surface area contributed by atoms with Gasteiger partial charge in [0.1, 0.15) is 18.3 Å². The van der Waals surface area contributed by atoms with Gasteiger partial charge in [-0.15, -0.1) is 0 Å². The molecule has 11 heteroatoms. The minimum Gasteiger partial charge on any atom is -0.394 e. The van der Waals surface area contributed by atoms with E-state index in [9.17, 15) is 25.5 Å².